The van der Waals surface area contributed by atoms with Gasteiger partial charge in [-0.1, -0.05) is 24.3 Å². The zero-order chi connectivity index (χ0) is 15.9. The van der Waals surface area contributed by atoms with Gasteiger partial charge in [-0.15, -0.1) is 0 Å². The van der Waals surface area contributed by atoms with E-state index in [4.69, 9.17) is 0 Å². The first kappa shape index (κ1) is 14.1. The van der Waals surface area contributed by atoms with Crippen LogP contribution in [0.2, 0.25) is 0 Å². The van der Waals surface area contributed by atoms with Crippen molar-refractivity contribution < 1.29 is 9.90 Å². The summed E-state index contributed by atoms with van der Waals surface area (Å²) in [5.74, 6) is -0.716. The first-order valence-electron chi connectivity index (χ1n) is 6.89. The summed E-state index contributed by atoms with van der Waals surface area (Å²) in [6.45, 7) is 1.85. The van der Waals surface area contributed by atoms with Crippen molar-refractivity contribution in [2.75, 3.05) is 6.54 Å². The van der Waals surface area contributed by atoms with E-state index >= 15 is 0 Å². The van der Waals surface area contributed by atoms with E-state index in [2.05, 4.69) is 9.97 Å². The molecule has 3 N–H and O–H groups in total. The van der Waals surface area contributed by atoms with E-state index in [0.29, 0.717) is 13.0 Å². The number of fused-ring (bicyclic) bond motifs is 1. The van der Waals surface area contributed by atoms with Crippen LogP contribution in [0.4, 0.5) is 0 Å². The second-order valence-corrected chi connectivity index (χ2v) is 5.23. The minimum absolute atomic E-state index is 0.0260. The predicted molar refractivity (Wildman–Crippen MR) is 78.7 cm³/mol. The van der Waals surface area contributed by atoms with Gasteiger partial charge in [0.1, 0.15) is 5.56 Å². The van der Waals surface area contributed by atoms with Gasteiger partial charge in [-0.2, -0.15) is 0 Å². The van der Waals surface area contributed by atoms with Crippen molar-refractivity contribution in [1.29, 1.82) is 0 Å². The smallest absolute Gasteiger partial charge is 0.328 e. The van der Waals surface area contributed by atoms with Crippen molar-refractivity contribution >= 4 is 5.91 Å². The Hall–Kier alpha value is -2.83. The summed E-state index contributed by atoms with van der Waals surface area (Å²) >= 11 is 0. The molecule has 7 nitrogen and oxygen atoms in total. The first-order valence-corrected chi connectivity index (χ1v) is 6.89. The average Bonchev–Trinajstić information content (AvgIpc) is 2.46. The van der Waals surface area contributed by atoms with Crippen LogP contribution in [-0.2, 0) is 11.2 Å². The zero-order valence-electron chi connectivity index (χ0n) is 11.9. The van der Waals surface area contributed by atoms with E-state index in [1.54, 1.807) is 0 Å². The predicted octanol–water partition coefficient (Wildman–Crippen LogP) is 0.263. The van der Waals surface area contributed by atoms with Crippen molar-refractivity contribution in [1.82, 2.24) is 14.9 Å². The first-order chi connectivity index (χ1) is 10.5. The number of H-pyrrole nitrogens is 2. The molecule has 0 aliphatic carbocycles. The van der Waals surface area contributed by atoms with Gasteiger partial charge in [-0.3, -0.25) is 19.6 Å². The number of amides is 1. The molecule has 1 aliphatic rings. The largest absolute Gasteiger partial charge is 0.494 e. The highest BCUT2D eigenvalue weighted by atomic mass is 16.3. The monoisotopic (exact) mass is 301 g/mol. The van der Waals surface area contributed by atoms with Gasteiger partial charge in [0.15, 0.2) is 0 Å². The molecule has 1 amide bonds. The SMILES string of the molecule is CC(=O)N1CCc2ccccc2[C@@H]1c1c(O)[nH]c(=O)[nH]c1=O. The molecule has 1 atom stereocenters. The van der Waals surface area contributed by atoms with E-state index in [-0.39, 0.29) is 11.5 Å². The third kappa shape index (κ3) is 2.20. The van der Waals surface area contributed by atoms with Crippen molar-refractivity contribution in [2.24, 2.45) is 0 Å². The molecular formula is C15H15N3O4. The van der Waals surface area contributed by atoms with Crippen LogP contribution in [-0.4, -0.2) is 32.4 Å². The molecule has 0 spiro atoms. The molecule has 0 saturated carbocycles. The summed E-state index contributed by atoms with van der Waals surface area (Å²) in [5.41, 5.74) is 0.271. The lowest BCUT2D eigenvalue weighted by Gasteiger charge is -2.36. The number of aromatic amines is 2. The second-order valence-electron chi connectivity index (χ2n) is 5.23. The molecule has 2 aromatic rings. The van der Waals surface area contributed by atoms with Gasteiger partial charge in [0, 0.05) is 13.5 Å². The third-order valence-electron chi connectivity index (χ3n) is 3.92. The maximum Gasteiger partial charge on any atom is 0.328 e. The molecule has 0 bridgehead atoms. The summed E-state index contributed by atoms with van der Waals surface area (Å²) < 4.78 is 0. The number of benzene rings is 1. The van der Waals surface area contributed by atoms with Gasteiger partial charge >= 0.3 is 5.69 Å². The van der Waals surface area contributed by atoms with Crippen LogP contribution in [0.15, 0.2) is 33.9 Å². The van der Waals surface area contributed by atoms with Gasteiger partial charge in [0.2, 0.25) is 11.8 Å². The Balaban J connectivity index is 2.28. The summed E-state index contributed by atoms with van der Waals surface area (Å²) in [4.78, 5) is 41.2. The molecule has 114 valence electrons. The molecule has 2 heterocycles. The van der Waals surface area contributed by atoms with Crippen molar-refractivity contribution in [2.45, 2.75) is 19.4 Å². The van der Waals surface area contributed by atoms with Crippen LogP contribution < -0.4 is 11.2 Å². The molecule has 22 heavy (non-hydrogen) atoms. The van der Waals surface area contributed by atoms with Crippen LogP contribution in [0.5, 0.6) is 5.88 Å². The highest BCUT2D eigenvalue weighted by molar-refractivity contribution is 5.75. The third-order valence-corrected chi connectivity index (χ3v) is 3.92. The number of carbonyl (C=O) groups excluding carboxylic acids is 1. The lowest BCUT2D eigenvalue weighted by atomic mass is 9.89. The van der Waals surface area contributed by atoms with E-state index in [1.165, 1.54) is 11.8 Å². The number of carbonyl (C=O) groups is 1. The van der Waals surface area contributed by atoms with Gasteiger partial charge in [-0.05, 0) is 17.5 Å². The van der Waals surface area contributed by atoms with Crippen molar-refractivity contribution in [3.8, 4) is 5.88 Å². The number of nitrogens with one attached hydrogen (secondary N) is 2. The second kappa shape index (κ2) is 5.18. The Morgan fingerprint density at radius 2 is 2.00 bits per heavy atom. The number of aromatic nitrogens is 2. The van der Waals surface area contributed by atoms with Crippen LogP contribution >= 0.6 is 0 Å². The fraction of sp³-hybridized carbons (Fsp3) is 0.267. The summed E-state index contributed by atoms with van der Waals surface area (Å²) in [6, 6.07) is 6.72. The minimum Gasteiger partial charge on any atom is -0.494 e. The normalized spacial score (nSPS) is 17.1. The maximum absolute atomic E-state index is 12.2. The van der Waals surface area contributed by atoms with Crippen LogP contribution in [0.3, 0.4) is 0 Å². The standard InChI is InChI=1S/C15H15N3O4/c1-8(19)18-7-6-9-4-2-3-5-10(9)12(18)11-13(20)16-15(22)17-14(11)21/h2-5,12H,6-7H2,1H3,(H3,16,17,20,21,22)/t12-/m1/s1. The van der Waals surface area contributed by atoms with Gasteiger partial charge in [0.05, 0.1) is 6.04 Å². The van der Waals surface area contributed by atoms with Gasteiger partial charge in [0.25, 0.3) is 5.56 Å². The number of aromatic hydroxyl groups is 1. The molecule has 0 unspecified atom stereocenters. The number of hydrogen-bond donors (Lipinski definition) is 3. The Morgan fingerprint density at radius 3 is 2.68 bits per heavy atom. The zero-order valence-corrected chi connectivity index (χ0v) is 11.9. The highest BCUT2D eigenvalue weighted by Gasteiger charge is 2.34. The number of nitrogens with zero attached hydrogens (tertiary/aromatic N) is 1. The van der Waals surface area contributed by atoms with E-state index in [9.17, 15) is 19.5 Å². The average molecular weight is 301 g/mol. The van der Waals surface area contributed by atoms with E-state index in [0.717, 1.165) is 11.1 Å². The Bertz CT molecular complexity index is 852. The van der Waals surface area contributed by atoms with Crippen LogP contribution in [0.25, 0.3) is 0 Å². The molecule has 0 saturated heterocycles. The van der Waals surface area contributed by atoms with Gasteiger partial charge < -0.3 is 10.0 Å². The molecule has 1 aromatic heterocycles. The molecule has 1 aliphatic heterocycles. The van der Waals surface area contributed by atoms with Crippen LogP contribution in [0, 0.1) is 0 Å². The molecule has 1 aromatic carbocycles. The Labute approximate surface area is 125 Å². The topological polar surface area (TPSA) is 106 Å². The maximum atomic E-state index is 12.2. The fourth-order valence-electron chi connectivity index (χ4n) is 2.95. The lowest BCUT2D eigenvalue weighted by molar-refractivity contribution is -0.130. The Kier molecular flexibility index (Phi) is 3.32. The number of hydrogen-bond acceptors (Lipinski definition) is 4. The Morgan fingerprint density at radius 1 is 1.27 bits per heavy atom. The summed E-state index contributed by atoms with van der Waals surface area (Å²) in [7, 11) is 0. The van der Waals surface area contributed by atoms with Crippen LogP contribution in [0.1, 0.15) is 29.7 Å². The lowest BCUT2D eigenvalue weighted by Crippen LogP contribution is -2.42. The molecule has 7 heteroatoms. The van der Waals surface area contributed by atoms with E-state index < -0.39 is 23.2 Å². The van der Waals surface area contributed by atoms with Gasteiger partial charge in [-0.25, -0.2) is 4.79 Å². The highest BCUT2D eigenvalue weighted by Crippen LogP contribution is 2.35. The molecule has 0 fully saturated rings. The quantitative estimate of drug-likeness (QED) is 0.702. The number of rotatable bonds is 1. The van der Waals surface area contributed by atoms with E-state index in [1.807, 2.05) is 24.3 Å². The van der Waals surface area contributed by atoms with Crippen molar-refractivity contribution in [3.63, 3.8) is 0 Å². The molecule has 0 radical (unpaired) electrons. The minimum atomic E-state index is -0.787. The van der Waals surface area contributed by atoms with Crippen molar-refractivity contribution in [3.05, 3.63) is 61.8 Å². The fourth-order valence-corrected chi connectivity index (χ4v) is 2.95. The summed E-state index contributed by atoms with van der Waals surface area (Å²) in [5, 5.41) is 10.0. The summed E-state index contributed by atoms with van der Waals surface area (Å²) in [6.07, 6.45) is 0.675. The molecule has 3 rings (SSSR count). The molecular weight excluding hydrogens is 286 g/mol.